The minimum Gasteiger partial charge on any atom is -0.426 e. The average Bonchev–Trinajstić information content (AvgIpc) is 3.16. The summed E-state index contributed by atoms with van der Waals surface area (Å²) in [4.78, 5) is 11.3. The van der Waals surface area contributed by atoms with Gasteiger partial charge in [-0.2, -0.15) is 4.68 Å². The maximum atomic E-state index is 11.3. The fourth-order valence-electron chi connectivity index (χ4n) is 2.85. The normalized spacial score (nSPS) is 10.9. The van der Waals surface area contributed by atoms with Crippen molar-refractivity contribution in [3.05, 3.63) is 72.3 Å². The zero-order valence-corrected chi connectivity index (χ0v) is 15.4. The van der Waals surface area contributed by atoms with E-state index in [9.17, 15) is 4.79 Å². The second-order valence-electron chi connectivity index (χ2n) is 5.86. The van der Waals surface area contributed by atoms with Crippen LogP contribution in [-0.2, 0) is 10.5 Å². The van der Waals surface area contributed by atoms with Crippen LogP contribution in [0.25, 0.3) is 16.5 Å². The molecule has 0 fully saturated rings. The van der Waals surface area contributed by atoms with Gasteiger partial charge in [-0.15, -0.1) is 5.10 Å². The van der Waals surface area contributed by atoms with Crippen molar-refractivity contribution in [1.29, 1.82) is 0 Å². The number of hydrogen-bond acceptors (Lipinski definition) is 6. The van der Waals surface area contributed by atoms with Crippen LogP contribution < -0.4 is 4.74 Å². The molecule has 27 heavy (non-hydrogen) atoms. The summed E-state index contributed by atoms with van der Waals surface area (Å²) in [7, 11) is 0. The summed E-state index contributed by atoms with van der Waals surface area (Å²) in [5.41, 5.74) is 2.04. The average molecular weight is 376 g/mol. The van der Waals surface area contributed by atoms with Gasteiger partial charge in [0.05, 0.1) is 5.69 Å². The Hall–Kier alpha value is -3.19. The summed E-state index contributed by atoms with van der Waals surface area (Å²) < 4.78 is 7.05. The highest BCUT2D eigenvalue weighted by molar-refractivity contribution is 7.98. The van der Waals surface area contributed by atoms with Crippen LogP contribution in [0, 0.1) is 0 Å². The van der Waals surface area contributed by atoms with E-state index in [-0.39, 0.29) is 5.97 Å². The largest absolute Gasteiger partial charge is 0.426 e. The Morgan fingerprint density at radius 2 is 1.74 bits per heavy atom. The Kier molecular flexibility index (Phi) is 4.84. The smallest absolute Gasteiger partial charge is 0.308 e. The standard InChI is InChI=1S/C20H16N4O2S/c1-14(25)26-19-12-11-15(17-9-5-6-10-18(17)19)13-27-20-21-22-23-24(20)16-7-3-2-4-8-16/h2-12H,13H2,1H3. The third-order valence-corrected chi connectivity index (χ3v) is 4.99. The number of aromatic nitrogens is 4. The first kappa shape index (κ1) is 17.2. The van der Waals surface area contributed by atoms with E-state index in [1.165, 1.54) is 6.92 Å². The molecule has 0 atom stereocenters. The van der Waals surface area contributed by atoms with Crippen LogP contribution in [0.15, 0.2) is 71.9 Å². The molecule has 0 saturated heterocycles. The van der Waals surface area contributed by atoms with E-state index in [1.54, 1.807) is 16.4 Å². The molecule has 0 spiro atoms. The van der Waals surface area contributed by atoms with Gasteiger partial charge in [-0.3, -0.25) is 4.79 Å². The van der Waals surface area contributed by atoms with Gasteiger partial charge in [0, 0.05) is 18.1 Å². The van der Waals surface area contributed by atoms with E-state index in [0.717, 1.165) is 22.0 Å². The summed E-state index contributed by atoms with van der Waals surface area (Å²) in [6.07, 6.45) is 0. The summed E-state index contributed by atoms with van der Waals surface area (Å²) in [5.74, 6) is 0.930. The van der Waals surface area contributed by atoms with Gasteiger partial charge < -0.3 is 4.74 Å². The van der Waals surface area contributed by atoms with E-state index < -0.39 is 0 Å². The molecule has 1 aromatic heterocycles. The van der Waals surface area contributed by atoms with Gasteiger partial charge >= 0.3 is 5.97 Å². The van der Waals surface area contributed by atoms with E-state index in [0.29, 0.717) is 16.7 Å². The van der Waals surface area contributed by atoms with Gasteiger partial charge in [0.25, 0.3) is 0 Å². The Morgan fingerprint density at radius 3 is 2.52 bits per heavy atom. The number of nitrogens with zero attached hydrogens (tertiary/aromatic N) is 4. The van der Waals surface area contributed by atoms with Crippen molar-refractivity contribution in [3.8, 4) is 11.4 Å². The maximum absolute atomic E-state index is 11.3. The van der Waals surface area contributed by atoms with Gasteiger partial charge in [0.15, 0.2) is 0 Å². The second kappa shape index (κ2) is 7.59. The number of hydrogen-bond donors (Lipinski definition) is 0. The molecule has 0 amide bonds. The zero-order valence-electron chi connectivity index (χ0n) is 14.6. The highest BCUT2D eigenvalue weighted by Gasteiger charge is 2.12. The number of rotatable bonds is 5. The topological polar surface area (TPSA) is 69.9 Å². The lowest BCUT2D eigenvalue weighted by atomic mass is 10.0. The number of thioether (sulfide) groups is 1. The fraction of sp³-hybridized carbons (Fsp3) is 0.100. The van der Waals surface area contributed by atoms with Gasteiger partial charge in [-0.05, 0) is 39.6 Å². The monoisotopic (exact) mass is 376 g/mol. The number of benzene rings is 3. The van der Waals surface area contributed by atoms with Gasteiger partial charge in [0.2, 0.25) is 5.16 Å². The summed E-state index contributed by atoms with van der Waals surface area (Å²) in [6, 6.07) is 21.5. The van der Waals surface area contributed by atoms with Crippen molar-refractivity contribution in [1.82, 2.24) is 20.2 Å². The van der Waals surface area contributed by atoms with Crippen LogP contribution in [0.5, 0.6) is 5.75 Å². The molecule has 4 rings (SSSR count). The van der Waals surface area contributed by atoms with Crippen LogP contribution in [0.2, 0.25) is 0 Å². The lowest BCUT2D eigenvalue weighted by Crippen LogP contribution is -2.02. The highest BCUT2D eigenvalue weighted by Crippen LogP contribution is 2.32. The number of para-hydroxylation sites is 1. The number of ether oxygens (including phenoxy) is 1. The number of carbonyl (C=O) groups is 1. The quantitative estimate of drug-likeness (QED) is 0.297. The highest BCUT2D eigenvalue weighted by atomic mass is 32.2. The van der Waals surface area contributed by atoms with Gasteiger partial charge in [-0.1, -0.05) is 60.3 Å². The first-order valence-corrected chi connectivity index (χ1v) is 9.36. The third kappa shape index (κ3) is 3.68. The zero-order chi connectivity index (χ0) is 18.6. The molecular weight excluding hydrogens is 360 g/mol. The molecule has 0 saturated carbocycles. The molecule has 0 aliphatic heterocycles. The molecule has 0 radical (unpaired) electrons. The van der Waals surface area contributed by atoms with E-state index in [1.807, 2.05) is 66.7 Å². The molecule has 0 N–H and O–H groups in total. The summed E-state index contributed by atoms with van der Waals surface area (Å²) in [5, 5.41) is 14.7. The van der Waals surface area contributed by atoms with Crippen LogP contribution in [0.3, 0.4) is 0 Å². The van der Waals surface area contributed by atoms with Crippen LogP contribution in [0.1, 0.15) is 12.5 Å². The number of esters is 1. The number of tetrazole rings is 1. The molecule has 7 heteroatoms. The summed E-state index contributed by atoms with van der Waals surface area (Å²) >= 11 is 1.56. The van der Waals surface area contributed by atoms with Crippen LogP contribution in [0.4, 0.5) is 0 Å². The Morgan fingerprint density at radius 1 is 1.00 bits per heavy atom. The van der Waals surface area contributed by atoms with Crippen LogP contribution >= 0.6 is 11.8 Å². The molecule has 4 aromatic rings. The third-order valence-electron chi connectivity index (χ3n) is 4.03. The van der Waals surface area contributed by atoms with Gasteiger partial charge in [-0.25, -0.2) is 0 Å². The Balaban J connectivity index is 1.63. The molecule has 6 nitrogen and oxygen atoms in total. The van der Waals surface area contributed by atoms with E-state index in [4.69, 9.17) is 4.74 Å². The minimum absolute atomic E-state index is 0.329. The molecular formula is C20H16N4O2S. The van der Waals surface area contributed by atoms with Crippen molar-refractivity contribution in [2.75, 3.05) is 0 Å². The predicted molar refractivity (Wildman–Crippen MR) is 104 cm³/mol. The molecule has 0 bridgehead atoms. The molecule has 134 valence electrons. The molecule has 1 heterocycles. The fourth-order valence-corrected chi connectivity index (χ4v) is 3.74. The van der Waals surface area contributed by atoms with Crippen molar-refractivity contribution < 1.29 is 9.53 Å². The number of fused-ring (bicyclic) bond motifs is 1. The first-order chi connectivity index (χ1) is 13.2. The lowest BCUT2D eigenvalue weighted by Gasteiger charge is -2.10. The Labute approximate surface area is 160 Å². The SMILES string of the molecule is CC(=O)Oc1ccc(CSc2nnnn2-c2ccccc2)c2ccccc12. The second-order valence-corrected chi connectivity index (χ2v) is 6.80. The first-order valence-electron chi connectivity index (χ1n) is 8.38. The molecule has 0 aliphatic carbocycles. The number of carbonyl (C=O) groups excluding carboxylic acids is 1. The minimum atomic E-state index is -0.329. The van der Waals surface area contributed by atoms with Crippen LogP contribution in [-0.4, -0.2) is 26.2 Å². The maximum Gasteiger partial charge on any atom is 0.308 e. The predicted octanol–water partition coefficient (Wildman–Crippen LogP) is 4.03. The molecule has 0 aliphatic rings. The summed E-state index contributed by atoms with van der Waals surface area (Å²) in [6.45, 7) is 1.40. The van der Waals surface area contributed by atoms with E-state index >= 15 is 0 Å². The van der Waals surface area contributed by atoms with Gasteiger partial charge in [0.1, 0.15) is 5.75 Å². The lowest BCUT2D eigenvalue weighted by molar-refractivity contribution is -0.131. The van der Waals surface area contributed by atoms with Crippen molar-refractivity contribution in [2.45, 2.75) is 17.8 Å². The van der Waals surface area contributed by atoms with E-state index in [2.05, 4.69) is 15.5 Å². The van der Waals surface area contributed by atoms with Crippen molar-refractivity contribution in [2.24, 2.45) is 0 Å². The Bertz CT molecular complexity index is 1100. The van der Waals surface area contributed by atoms with Crippen molar-refractivity contribution >= 4 is 28.5 Å². The van der Waals surface area contributed by atoms with Crippen molar-refractivity contribution in [3.63, 3.8) is 0 Å². The molecule has 3 aromatic carbocycles. The molecule has 0 unspecified atom stereocenters.